The summed E-state index contributed by atoms with van der Waals surface area (Å²) in [5.41, 5.74) is 5.49. The lowest BCUT2D eigenvalue weighted by atomic mass is 10.1. The molecular formula is C9H20N2. The molecular weight excluding hydrogens is 136 g/mol. The molecule has 1 unspecified atom stereocenters. The molecule has 0 aliphatic heterocycles. The van der Waals surface area contributed by atoms with Gasteiger partial charge in [-0.3, -0.25) is 0 Å². The molecule has 0 radical (unpaired) electrons. The highest BCUT2D eigenvalue weighted by atomic mass is 14.9. The summed E-state index contributed by atoms with van der Waals surface area (Å²) >= 11 is 0. The Hall–Kier alpha value is -0.0800. The largest absolute Gasteiger partial charge is 0.329 e. The first kappa shape index (κ1) is 9.01. The van der Waals surface area contributed by atoms with E-state index in [2.05, 4.69) is 19.2 Å². The summed E-state index contributed by atoms with van der Waals surface area (Å²) in [6.45, 7) is 6.36. The first-order valence-corrected chi connectivity index (χ1v) is 4.67. The van der Waals surface area contributed by atoms with E-state index in [9.17, 15) is 0 Å². The Bertz CT molecular complexity index is 110. The third kappa shape index (κ3) is 3.21. The van der Waals surface area contributed by atoms with E-state index in [0.29, 0.717) is 6.04 Å². The molecule has 0 aromatic rings. The fraction of sp³-hybridized carbons (Fsp3) is 1.00. The van der Waals surface area contributed by atoms with Crippen LogP contribution in [0.15, 0.2) is 0 Å². The van der Waals surface area contributed by atoms with Crippen LogP contribution >= 0.6 is 0 Å². The van der Waals surface area contributed by atoms with E-state index in [1.54, 1.807) is 0 Å². The van der Waals surface area contributed by atoms with Gasteiger partial charge in [-0.05, 0) is 38.1 Å². The Balaban J connectivity index is 2.00. The molecule has 1 aliphatic rings. The maximum Gasteiger partial charge on any atom is 0.0162 e. The highest BCUT2D eigenvalue weighted by Crippen LogP contribution is 2.36. The highest BCUT2D eigenvalue weighted by Gasteiger charge is 2.27. The smallest absolute Gasteiger partial charge is 0.0162 e. The van der Waals surface area contributed by atoms with Crippen LogP contribution in [0.5, 0.6) is 0 Å². The van der Waals surface area contributed by atoms with Crippen LogP contribution in [0.4, 0.5) is 0 Å². The van der Waals surface area contributed by atoms with E-state index in [0.717, 1.165) is 24.9 Å². The lowest BCUT2D eigenvalue weighted by molar-refractivity contribution is 0.429. The van der Waals surface area contributed by atoms with E-state index in [4.69, 9.17) is 5.73 Å². The van der Waals surface area contributed by atoms with Gasteiger partial charge in [0, 0.05) is 12.6 Å². The molecule has 0 saturated heterocycles. The molecule has 0 heterocycles. The normalized spacial score (nSPS) is 23.2. The molecule has 1 saturated carbocycles. The van der Waals surface area contributed by atoms with Crippen molar-refractivity contribution in [2.75, 3.05) is 13.1 Å². The number of hydrogen-bond donors (Lipinski definition) is 2. The van der Waals surface area contributed by atoms with Gasteiger partial charge in [0.05, 0.1) is 0 Å². The quantitative estimate of drug-likeness (QED) is 0.622. The topological polar surface area (TPSA) is 38.0 Å². The van der Waals surface area contributed by atoms with Crippen molar-refractivity contribution >= 4 is 0 Å². The summed E-state index contributed by atoms with van der Waals surface area (Å²) in [7, 11) is 0. The summed E-state index contributed by atoms with van der Waals surface area (Å²) in [6, 6.07) is 0.483. The maximum absolute atomic E-state index is 5.49. The Labute approximate surface area is 69.5 Å². The summed E-state index contributed by atoms with van der Waals surface area (Å²) in [6.07, 6.45) is 2.89. The summed E-state index contributed by atoms with van der Waals surface area (Å²) in [5, 5.41) is 3.43. The summed E-state index contributed by atoms with van der Waals surface area (Å²) in [5.74, 6) is 1.86. The van der Waals surface area contributed by atoms with Crippen molar-refractivity contribution in [3.05, 3.63) is 0 Å². The molecule has 1 fully saturated rings. The van der Waals surface area contributed by atoms with Crippen molar-refractivity contribution in [3.8, 4) is 0 Å². The zero-order valence-corrected chi connectivity index (χ0v) is 7.64. The van der Waals surface area contributed by atoms with E-state index in [1.807, 2.05) is 0 Å². The van der Waals surface area contributed by atoms with Gasteiger partial charge in [0.15, 0.2) is 0 Å². The number of nitrogens with one attached hydrogen (secondary N) is 1. The van der Waals surface area contributed by atoms with Crippen LogP contribution in [0.3, 0.4) is 0 Å². The Morgan fingerprint density at radius 2 is 2.09 bits per heavy atom. The lowest BCUT2D eigenvalue weighted by Gasteiger charge is -2.15. The minimum atomic E-state index is 0.483. The summed E-state index contributed by atoms with van der Waals surface area (Å²) < 4.78 is 0. The van der Waals surface area contributed by atoms with Gasteiger partial charge in [0.25, 0.3) is 0 Å². The minimum Gasteiger partial charge on any atom is -0.329 e. The van der Waals surface area contributed by atoms with Crippen molar-refractivity contribution < 1.29 is 0 Å². The van der Waals surface area contributed by atoms with Crippen molar-refractivity contribution in [1.29, 1.82) is 0 Å². The molecule has 11 heavy (non-hydrogen) atoms. The molecule has 0 bridgehead atoms. The van der Waals surface area contributed by atoms with Crippen LogP contribution in [0.25, 0.3) is 0 Å². The van der Waals surface area contributed by atoms with Gasteiger partial charge < -0.3 is 11.1 Å². The lowest BCUT2D eigenvalue weighted by Crippen LogP contribution is -2.36. The number of nitrogens with two attached hydrogens (primary N) is 1. The Kier molecular flexibility index (Phi) is 3.34. The van der Waals surface area contributed by atoms with E-state index >= 15 is 0 Å². The first-order valence-electron chi connectivity index (χ1n) is 4.67. The number of rotatable bonds is 5. The molecule has 2 heteroatoms. The molecule has 0 aromatic carbocycles. The van der Waals surface area contributed by atoms with E-state index < -0.39 is 0 Å². The van der Waals surface area contributed by atoms with Gasteiger partial charge in [0.1, 0.15) is 0 Å². The molecule has 0 aromatic heterocycles. The van der Waals surface area contributed by atoms with E-state index in [-0.39, 0.29) is 0 Å². The van der Waals surface area contributed by atoms with Crippen LogP contribution in [-0.2, 0) is 0 Å². The molecule has 0 amide bonds. The molecule has 1 aliphatic carbocycles. The summed E-state index contributed by atoms with van der Waals surface area (Å²) in [4.78, 5) is 0. The molecule has 0 spiro atoms. The average molecular weight is 156 g/mol. The van der Waals surface area contributed by atoms with Crippen LogP contribution in [0.1, 0.15) is 26.7 Å². The predicted molar refractivity (Wildman–Crippen MR) is 48.4 cm³/mol. The van der Waals surface area contributed by atoms with Crippen molar-refractivity contribution in [3.63, 3.8) is 0 Å². The predicted octanol–water partition coefficient (Wildman–Crippen LogP) is 0.969. The van der Waals surface area contributed by atoms with Crippen LogP contribution in [0, 0.1) is 11.8 Å². The minimum absolute atomic E-state index is 0.483. The third-order valence-electron chi connectivity index (χ3n) is 2.57. The van der Waals surface area contributed by atoms with Crippen LogP contribution in [-0.4, -0.2) is 19.1 Å². The zero-order chi connectivity index (χ0) is 8.27. The molecule has 1 rings (SSSR count). The van der Waals surface area contributed by atoms with Crippen LogP contribution in [0.2, 0.25) is 0 Å². The highest BCUT2D eigenvalue weighted by molar-refractivity contribution is 4.80. The van der Waals surface area contributed by atoms with Crippen molar-refractivity contribution in [1.82, 2.24) is 5.32 Å². The second-order valence-corrected chi connectivity index (χ2v) is 3.86. The van der Waals surface area contributed by atoms with Gasteiger partial charge in [0.2, 0.25) is 0 Å². The van der Waals surface area contributed by atoms with Crippen LogP contribution < -0.4 is 11.1 Å². The second kappa shape index (κ2) is 4.07. The van der Waals surface area contributed by atoms with Crippen molar-refractivity contribution in [2.24, 2.45) is 17.6 Å². The number of hydrogen-bond acceptors (Lipinski definition) is 2. The SMILES string of the molecule is CC(CN[C@@H](C)CN)C1CC1. The van der Waals surface area contributed by atoms with Gasteiger partial charge in [-0.15, -0.1) is 0 Å². The fourth-order valence-electron chi connectivity index (χ4n) is 1.30. The van der Waals surface area contributed by atoms with Gasteiger partial charge in [-0.1, -0.05) is 6.92 Å². The Morgan fingerprint density at radius 1 is 1.45 bits per heavy atom. The van der Waals surface area contributed by atoms with Gasteiger partial charge in [-0.2, -0.15) is 0 Å². The van der Waals surface area contributed by atoms with Crippen molar-refractivity contribution in [2.45, 2.75) is 32.7 Å². The monoisotopic (exact) mass is 156 g/mol. The first-order chi connectivity index (χ1) is 5.24. The fourth-order valence-corrected chi connectivity index (χ4v) is 1.30. The van der Waals surface area contributed by atoms with Gasteiger partial charge >= 0.3 is 0 Å². The standard InChI is InChI=1S/C9H20N2/c1-7(9-3-4-9)6-11-8(2)5-10/h7-9,11H,3-6,10H2,1-2H3/t7?,8-/m0/s1. The zero-order valence-electron chi connectivity index (χ0n) is 7.64. The maximum atomic E-state index is 5.49. The molecule has 2 atom stereocenters. The van der Waals surface area contributed by atoms with E-state index in [1.165, 1.54) is 12.8 Å². The molecule has 66 valence electrons. The average Bonchev–Trinajstić information content (AvgIpc) is 2.81. The van der Waals surface area contributed by atoms with Gasteiger partial charge in [-0.25, -0.2) is 0 Å². The Morgan fingerprint density at radius 3 is 2.55 bits per heavy atom. The molecule has 3 N–H and O–H groups in total. The molecule has 2 nitrogen and oxygen atoms in total. The second-order valence-electron chi connectivity index (χ2n) is 3.86. The third-order valence-corrected chi connectivity index (χ3v) is 2.57.